The summed E-state index contributed by atoms with van der Waals surface area (Å²) in [7, 11) is 1.62. The summed E-state index contributed by atoms with van der Waals surface area (Å²) >= 11 is 0. The van der Waals surface area contributed by atoms with Gasteiger partial charge in [-0.25, -0.2) is 0 Å². The average molecular weight is 267 g/mol. The average Bonchev–Trinajstić information content (AvgIpc) is 2.47. The van der Waals surface area contributed by atoms with Crippen LogP contribution in [0.25, 0.3) is 0 Å². The van der Waals surface area contributed by atoms with E-state index in [9.17, 15) is 4.79 Å². The molecule has 0 aliphatic heterocycles. The molecule has 5 nitrogen and oxygen atoms in total. The highest BCUT2D eigenvalue weighted by atomic mass is 16.5. The SMILES string of the molecule is COCCN(CCC#N)C(=O)C1(CN)CCCCC1. The summed E-state index contributed by atoms with van der Waals surface area (Å²) in [4.78, 5) is 14.5. The lowest BCUT2D eigenvalue weighted by molar-refractivity contribution is -0.144. The van der Waals surface area contributed by atoms with Gasteiger partial charge in [-0.3, -0.25) is 4.79 Å². The lowest BCUT2D eigenvalue weighted by Crippen LogP contribution is -2.50. The van der Waals surface area contributed by atoms with Crippen molar-refractivity contribution >= 4 is 5.91 Å². The number of nitrogens with two attached hydrogens (primary N) is 1. The fourth-order valence-corrected chi connectivity index (χ4v) is 2.77. The number of rotatable bonds is 7. The molecule has 0 aromatic rings. The molecule has 0 atom stereocenters. The van der Waals surface area contributed by atoms with Crippen molar-refractivity contribution in [3.63, 3.8) is 0 Å². The summed E-state index contributed by atoms with van der Waals surface area (Å²) in [5, 5.41) is 8.71. The van der Waals surface area contributed by atoms with Gasteiger partial charge < -0.3 is 15.4 Å². The minimum absolute atomic E-state index is 0.113. The second-order valence-electron chi connectivity index (χ2n) is 5.24. The third kappa shape index (κ3) is 4.19. The number of ether oxygens (including phenoxy) is 1. The number of nitriles is 1. The molecule has 0 aromatic carbocycles. The molecule has 5 heteroatoms. The van der Waals surface area contributed by atoms with Gasteiger partial charge in [0.15, 0.2) is 0 Å². The number of carbonyl (C=O) groups excluding carboxylic acids is 1. The lowest BCUT2D eigenvalue weighted by atomic mass is 9.73. The molecule has 0 heterocycles. The zero-order valence-corrected chi connectivity index (χ0v) is 11.9. The highest BCUT2D eigenvalue weighted by Crippen LogP contribution is 2.37. The number of methoxy groups -OCH3 is 1. The maximum absolute atomic E-state index is 12.7. The summed E-state index contributed by atoms with van der Waals surface area (Å²) < 4.78 is 5.05. The van der Waals surface area contributed by atoms with Gasteiger partial charge in [0.05, 0.1) is 24.5 Å². The highest BCUT2D eigenvalue weighted by Gasteiger charge is 2.40. The third-order valence-corrected chi connectivity index (χ3v) is 4.00. The van der Waals surface area contributed by atoms with Crippen molar-refractivity contribution in [1.82, 2.24) is 4.90 Å². The number of nitrogens with zero attached hydrogens (tertiary/aromatic N) is 2. The van der Waals surface area contributed by atoms with Crippen LogP contribution in [0.3, 0.4) is 0 Å². The zero-order chi connectivity index (χ0) is 14.1. The molecule has 0 aromatic heterocycles. The van der Waals surface area contributed by atoms with E-state index < -0.39 is 5.41 Å². The van der Waals surface area contributed by atoms with E-state index >= 15 is 0 Å². The first-order valence-corrected chi connectivity index (χ1v) is 7.05. The van der Waals surface area contributed by atoms with Gasteiger partial charge in [-0.15, -0.1) is 0 Å². The molecule has 2 N–H and O–H groups in total. The molecule has 1 saturated carbocycles. The van der Waals surface area contributed by atoms with E-state index in [0.717, 1.165) is 25.7 Å². The molecule has 1 amide bonds. The Kier molecular flexibility index (Phi) is 6.82. The molecular weight excluding hydrogens is 242 g/mol. The van der Waals surface area contributed by atoms with Crippen LogP contribution in [0, 0.1) is 16.7 Å². The molecule has 1 fully saturated rings. The predicted octanol–water partition coefficient (Wildman–Crippen LogP) is 1.28. The van der Waals surface area contributed by atoms with E-state index in [2.05, 4.69) is 6.07 Å². The highest BCUT2D eigenvalue weighted by molar-refractivity contribution is 5.83. The Bertz CT molecular complexity index is 319. The Morgan fingerprint density at radius 3 is 2.58 bits per heavy atom. The lowest BCUT2D eigenvalue weighted by Gasteiger charge is -2.39. The van der Waals surface area contributed by atoms with E-state index in [1.54, 1.807) is 12.0 Å². The molecule has 108 valence electrons. The first kappa shape index (κ1) is 15.9. The Balaban J connectivity index is 2.74. The fraction of sp³-hybridized carbons (Fsp3) is 0.857. The van der Waals surface area contributed by atoms with E-state index in [4.69, 9.17) is 15.7 Å². The van der Waals surface area contributed by atoms with Gasteiger partial charge in [-0.2, -0.15) is 5.26 Å². The Morgan fingerprint density at radius 1 is 1.37 bits per heavy atom. The Labute approximate surface area is 115 Å². The second kappa shape index (κ2) is 8.13. The van der Waals surface area contributed by atoms with Crippen LogP contribution in [-0.4, -0.2) is 44.2 Å². The number of carbonyl (C=O) groups is 1. The van der Waals surface area contributed by atoms with Gasteiger partial charge >= 0.3 is 0 Å². The van der Waals surface area contributed by atoms with Crippen molar-refractivity contribution in [3.8, 4) is 6.07 Å². The maximum Gasteiger partial charge on any atom is 0.230 e. The van der Waals surface area contributed by atoms with Crippen LogP contribution in [0.1, 0.15) is 38.5 Å². The van der Waals surface area contributed by atoms with Crippen LogP contribution in [-0.2, 0) is 9.53 Å². The van der Waals surface area contributed by atoms with Crippen LogP contribution >= 0.6 is 0 Å². The largest absolute Gasteiger partial charge is 0.383 e. The smallest absolute Gasteiger partial charge is 0.230 e. The monoisotopic (exact) mass is 267 g/mol. The number of hydrogen-bond donors (Lipinski definition) is 1. The van der Waals surface area contributed by atoms with Crippen molar-refractivity contribution in [2.75, 3.05) is 33.4 Å². The number of hydrogen-bond acceptors (Lipinski definition) is 4. The van der Waals surface area contributed by atoms with Crippen molar-refractivity contribution in [3.05, 3.63) is 0 Å². The van der Waals surface area contributed by atoms with Gasteiger partial charge in [-0.05, 0) is 12.8 Å². The number of amides is 1. The van der Waals surface area contributed by atoms with Crippen LogP contribution in [0.15, 0.2) is 0 Å². The van der Waals surface area contributed by atoms with Crippen molar-refractivity contribution < 1.29 is 9.53 Å². The van der Waals surface area contributed by atoms with E-state index in [-0.39, 0.29) is 5.91 Å². The molecule has 0 bridgehead atoms. The molecule has 1 rings (SSSR count). The summed E-state index contributed by atoms with van der Waals surface area (Å²) in [6.07, 6.45) is 5.43. The quantitative estimate of drug-likeness (QED) is 0.753. The van der Waals surface area contributed by atoms with Crippen LogP contribution in [0.4, 0.5) is 0 Å². The maximum atomic E-state index is 12.7. The van der Waals surface area contributed by atoms with E-state index in [0.29, 0.717) is 32.7 Å². The molecule has 1 aliphatic rings. The second-order valence-corrected chi connectivity index (χ2v) is 5.24. The minimum atomic E-state index is -0.401. The summed E-state index contributed by atoms with van der Waals surface area (Å²) in [5.74, 6) is 0.113. The van der Waals surface area contributed by atoms with Crippen LogP contribution < -0.4 is 5.73 Å². The first-order chi connectivity index (χ1) is 9.20. The third-order valence-electron chi connectivity index (χ3n) is 4.00. The zero-order valence-electron chi connectivity index (χ0n) is 11.9. The molecule has 0 unspecified atom stereocenters. The van der Waals surface area contributed by atoms with Gasteiger partial charge in [0.1, 0.15) is 0 Å². The van der Waals surface area contributed by atoms with Crippen LogP contribution in [0.2, 0.25) is 0 Å². The Morgan fingerprint density at radius 2 is 2.05 bits per heavy atom. The molecular formula is C14H25N3O2. The van der Waals surface area contributed by atoms with Gasteiger partial charge in [0, 0.05) is 26.7 Å². The van der Waals surface area contributed by atoms with Crippen molar-refractivity contribution in [2.45, 2.75) is 38.5 Å². The van der Waals surface area contributed by atoms with E-state index in [1.165, 1.54) is 6.42 Å². The molecule has 0 saturated heterocycles. The first-order valence-electron chi connectivity index (χ1n) is 7.05. The van der Waals surface area contributed by atoms with Crippen LogP contribution in [0.5, 0.6) is 0 Å². The molecule has 19 heavy (non-hydrogen) atoms. The van der Waals surface area contributed by atoms with Crippen molar-refractivity contribution in [1.29, 1.82) is 5.26 Å². The van der Waals surface area contributed by atoms with E-state index in [1.807, 2.05) is 0 Å². The van der Waals surface area contributed by atoms with Gasteiger partial charge in [0.2, 0.25) is 5.91 Å². The van der Waals surface area contributed by atoms with Gasteiger partial charge in [-0.1, -0.05) is 19.3 Å². The normalized spacial score (nSPS) is 17.7. The topological polar surface area (TPSA) is 79.3 Å². The minimum Gasteiger partial charge on any atom is -0.383 e. The summed E-state index contributed by atoms with van der Waals surface area (Å²) in [6.45, 7) is 1.92. The summed E-state index contributed by atoms with van der Waals surface area (Å²) in [6, 6.07) is 2.10. The predicted molar refractivity (Wildman–Crippen MR) is 73.3 cm³/mol. The Hall–Kier alpha value is -1.12. The molecule has 0 radical (unpaired) electrons. The van der Waals surface area contributed by atoms with Gasteiger partial charge in [0.25, 0.3) is 0 Å². The molecule has 0 spiro atoms. The summed E-state index contributed by atoms with van der Waals surface area (Å²) in [5.41, 5.74) is 5.49. The standard InChI is InChI=1S/C14H25N3O2/c1-19-11-10-17(9-5-8-15)13(18)14(12-16)6-3-2-4-7-14/h2-7,9-12,16H2,1H3. The molecule has 1 aliphatic carbocycles. The fourth-order valence-electron chi connectivity index (χ4n) is 2.77. The van der Waals surface area contributed by atoms with Crippen molar-refractivity contribution in [2.24, 2.45) is 11.1 Å².